The Bertz CT molecular complexity index is 619. The van der Waals surface area contributed by atoms with Gasteiger partial charge in [0.2, 0.25) is 0 Å². The minimum absolute atomic E-state index is 0.562. The van der Waals surface area contributed by atoms with Crippen LogP contribution in [-0.4, -0.2) is 9.78 Å². The minimum Gasteiger partial charge on any atom is -0.383 e. The zero-order chi connectivity index (χ0) is 14.8. The maximum Gasteiger partial charge on any atom is 0.129 e. The second-order valence-electron chi connectivity index (χ2n) is 6.33. The standard InChI is InChI=1S/C18H25N3/c1-13-8-7-11-15(12-13)16-17(20-21(2)18(16)19)14-9-5-3-4-6-10-14/h7-8,11-12,14H,3-6,9-10,19H2,1-2H3. The molecule has 3 heteroatoms. The molecule has 0 unspecified atom stereocenters. The van der Waals surface area contributed by atoms with Gasteiger partial charge in [0.25, 0.3) is 0 Å². The summed E-state index contributed by atoms with van der Waals surface area (Å²) in [6, 6.07) is 8.60. The number of hydrogen-bond donors (Lipinski definition) is 1. The van der Waals surface area contributed by atoms with E-state index in [-0.39, 0.29) is 0 Å². The zero-order valence-corrected chi connectivity index (χ0v) is 13.1. The van der Waals surface area contributed by atoms with Crippen LogP contribution in [0.4, 0.5) is 5.82 Å². The number of rotatable bonds is 2. The Morgan fingerprint density at radius 3 is 2.52 bits per heavy atom. The number of nitrogens with two attached hydrogens (primary N) is 1. The van der Waals surface area contributed by atoms with Crippen LogP contribution in [-0.2, 0) is 7.05 Å². The highest BCUT2D eigenvalue weighted by Crippen LogP contribution is 2.39. The zero-order valence-electron chi connectivity index (χ0n) is 13.1. The molecule has 2 aromatic rings. The SMILES string of the molecule is Cc1cccc(-c2c(C3CCCCCC3)nn(C)c2N)c1. The smallest absolute Gasteiger partial charge is 0.129 e. The molecule has 0 saturated heterocycles. The fraction of sp³-hybridized carbons (Fsp3) is 0.500. The molecule has 1 heterocycles. The minimum atomic E-state index is 0.562. The van der Waals surface area contributed by atoms with E-state index in [1.165, 1.54) is 55.3 Å². The summed E-state index contributed by atoms with van der Waals surface area (Å²) in [6.45, 7) is 2.13. The third-order valence-corrected chi connectivity index (χ3v) is 4.67. The fourth-order valence-corrected chi connectivity index (χ4v) is 3.49. The van der Waals surface area contributed by atoms with Gasteiger partial charge < -0.3 is 5.73 Å². The summed E-state index contributed by atoms with van der Waals surface area (Å²) < 4.78 is 1.85. The van der Waals surface area contributed by atoms with Gasteiger partial charge in [0.15, 0.2) is 0 Å². The Labute approximate surface area is 127 Å². The summed E-state index contributed by atoms with van der Waals surface area (Å²) in [7, 11) is 1.95. The number of nitrogens with zero attached hydrogens (tertiary/aromatic N) is 2. The molecule has 1 aromatic carbocycles. The first kappa shape index (κ1) is 14.2. The van der Waals surface area contributed by atoms with Crippen LogP contribution in [0.5, 0.6) is 0 Å². The molecule has 0 bridgehead atoms. The first-order valence-electron chi connectivity index (χ1n) is 8.06. The molecule has 1 fully saturated rings. The third kappa shape index (κ3) is 2.82. The molecule has 1 aliphatic carbocycles. The van der Waals surface area contributed by atoms with Crippen LogP contribution in [0.25, 0.3) is 11.1 Å². The van der Waals surface area contributed by atoms with E-state index in [1.54, 1.807) is 0 Å². The molecule has 21 heavy (non-hydrogen) atoms. The van der Waals surface area contributed by atoms with E-state index in [2.05, 4.69) is 31.2 Å². The first-order chi connectivity index (χ1) is 10.2. The van der Waals surface area contributed by atoms with Crippen molar-refractivity contribution in [2.45, 2.75) is 51.4 Å². The van der Waals surface area contributed by atoms with Crippen LogP contribution in [0.15, 0.2) is 24.3 Å². The molecule has 0 atom stereocenters. The molecular formula is C18H25N3. The number of benzene rings is 1. The van der Waals surface area contributed by atoms with Gasteiger partial charge in [-0.1, -0.05) is 55.5 Å². The lowest BCUT2D eigenvalue weighted by Crippen LogP contribution is -2.01. The maximum absolute atomic E-state index is 6.33. The summed E-state index contributed by atoms with van der Waals surface area (Å²) in [4.78, 5) is 0. The highest BCUT2D eigenvalue weighted by atomic mass is 15.3. The van der Waals surface area contributed by atoms with Crippen molar-refractivity contribution in [2.75, 3.05) is 5.73 Å². The Morgan fingerprint density at radius 1 is 1.14 bits per heavy atom. The lowest BCUT2D eigenvalue weighted by atomic mass is 9.91. The van der Waals surface area contributed by atoms with E-state index >= 15 is 0 Å². The lowest BCUT2D eigenvalue weighted by molar-refractivity contribution is 0.567. The van der Waals surface area contributed by atoms with E-state index < -0.39 is 0 Å². The predicted molar refractivity (Wildman–Crippen MR) is 88.2 cm³/mol. The van der Waals surface area contributed by atoms with Crippen LogP contribution >= 0.6 is 0 Å². The molecule has 0 amide bonds. The molecule has 0 aliphatic heterocycles. The van der Waals surface area contributed by atoms with Crippen molar-refractivity contribution in [2.24, 2.45) is 7.05 Å². The Hall–Kier alpha value is -1.77. The van der Waals surface area contributed by atoms with Crippen LogP contribution < -0.4 is 5.73 Å². The van der Waals surface area contributed by atoms with Crippen molar-refractivity contribution in [1.29, 1.82) is 0 Å². The van der Waals surface area contributed by atoms with E-state index in [0.717, 1.165) is 11.4 Å². The van der Waals surface area contributed by atoms with Crippen molar-refractivity contribution in [3.8, 4) is 11.1 Å². The summed E-state index contributed by atoms with van der Waals surface area (Å²) in [5, 5.41) is 4.77. The number of aromatic nitrogens is 2. The molecule has 0 radical (unpaired) electrons. The summed E-state index contributed by atoms with van der Waals surface area (Å²) in [6.07, 6.45) is 7.84. The summed E-state index contributed by atoms with van der Waals surface area (Å²) in [5.41, 5.74) is 11.2. The van der Waals surface area contributed by atoms with Gasteiger partial charge in [-0.2, -0.15) is 5.10 Å². The van der Waals surface area contributed by atoms with Crippen LogP contribution in [0.1, 0.15) is 55.7 Å². The van der Waals surface area contributed by atoms with Gasteiger partial charge in [-0.15, -0.1) is 0 Å². The van der Waals surface area contributed by atoms with Gasteiger partial charge in [-0.25, -0.2) is 0 Å². The molecule has 112 valence electrons. The van der Waals surface area contributed by atoms with Crippen molar-refractivity contribution in [3.05, 3.63) is 35.5 Å². The number of hydrogen-bond acceptors (Lipinski definition) is 2. The van der Waals surface area contributed by atoms with Crippen LogP contribution in [0.3, 0.4) is 0 Å². The number of aryl methyl sites for hydroxylation is 2. The van der Waals surface area contributed by atoms with Crippen molar-refractivity contribution >= 4 is 5.82 Å². The summed E-state index contributed by atoms with van der Waals surface area (Å²) >= 11 is 0. The van der Waals surface area contributed by atoms with Gasteiger partial charge in [-0.05, 0) is 25.3 Å². The first-order valence-corrected chi connectivity index (χ1v) is 8.06. The molecule has 0 spiro atoms. The van der Waals surface area contributed by atoms with E-state index in [0.29, 0.717) is 5.92 Å². The van der Waals surface area contributed by atoms with E-state index in [9.17, 15) is 0 Å². The monoisotopic (exact) mass is 283 g/mol. The van der Waals surface area contributed by atoms with Crippen molar-refractivity contribution < 1.29 is 0 Å². The highest BCUT2D eigenvalue weighted by Gasteiger charge is 2.24. The average molecular weight is 283 g/mol. The van der Waals surface area contributed by atoms with Gasteiger partial charge in [0, 0.05) is 18.5 Å². The van der Waals surface area contributed by atoms with Gasteiger partial charge in [0.05, 0.1) is 5.69 Å². The Morgan fingerprint density at radius 2 is 1.86 bits per heavy atom. The third-order valence-electron chi connectivity index (χ3n) is 4.67. The molecule has 1 saturated carbocycles. The van der Waals surface area contributed by atoms with Gasteiger partial charge in [0.1, 0.15) is 5.82 Å². The van der Waals surface area contributed by atoms with Crippen molar-refractivity contribution in [3.63, 3.8) is 0 Å². The van der Waals surface area contributed by atoms with Crippen LogP contribution in [0.2, 0.25) is 0 Å². The molecule has 1 aromatic heterocycles. The largest absolute Gasteiger partial charge is 0.383 e. The molecule has 3 nitrogen and oxygen atoms in total. The molecular weight excluding hydrogens is 258 g/mol. The molecule has 3 rings (SSSR count). The number of anilines is 1. The second kappa shape index (κ2) is 5.92. The number of nitrogen functional groups attached to an aromatic ring is 1. The quantitative estimate of drug-likeness (QED) is 0.829. The Kier molecular flexibility index (Phi) is 4.00. The highest BCUT2D eigenvalue weighted by molar-refractivity contribution is 5.77. The topological polar surface area (TPSA) is 43.8 Å². The van der Waals surface area contributed by atoms with E-state index in [1.807, 2.05) is 11.7 Å². The maximum atomic E-state index is 6.33. The summed E-state index contributed by atoms with van der Waals surface area (Å²) in [5.74, 6) is 1.35. The van der Waals surface area contributed by atoms with Gasteiger partial charge >= 0.3 is 0 Å². The average Bonchev–Trinajstić information content (AvgIpc) is 2.68. The molecule has 2 N–H and O–H groups in total. The van der Waals surface area contributed by atoms with Gasteiger partial charge in [-0.3, -0.25) is 4.68 Å². The van der Waals surface area contributed by atoms with E-state index in [4.69, 9.17) is 10.8 Å². The predicted octanol–water partition coefficient (Wildman–Crippen LogP) is 4.42. The normalized spacial score (nSPS) is 16.9. The Balaban J connectivity index is 2.06. The van der Waals surface area contributed by atoms with Crippen LogP contribution in [0, 0.1) is 6.92 Å². The fourth-order valence-electron chi connectivity index (χ4n) is 3.49. The molecule has 1 aliphatic rings. The lowest BCUT2D eigenvalue weighted by Gasteiger charge is -2.14. The van der Waals surface area contributed by atoms with Crippen molar-refractivity contribution in [1.82, 2.24) is 9.78 Å². The second-order valence-corrected chi connectivity index (χ2v) is 6.33.